The highest BCUT2D eigenvalue weighted by molar-refractivity contribution is 6.30. The second-order valence-electron chi connectivity index (χ2n) is 4.93. The number of halogens is 1. The highest BCUT2D eigenvalue weighted by atomic mass is 35.5. The number of carbonyl (C=O) groups is 1. The monoisotopic (exact) mass is 287 g/mol. The number of hydrogen-bond acceptors (Lipinski definition) is 3. The van der Waals surface area contributed by atoms with Gasteiger partial charge in [-0.15, -0.1) is 0 Å². The highest BCUT2D eigenvalue weighted by Gasteiger charge is 2.33. The van der Waals surface area contributed by atoms with Gasteiger partial charge in [-0.05, 0) is 36.5 Å². The van der Waals surface area contributed by atoms with Crippen molar-refractivity contribution in [3.63, 3.8) is 0 Å². The summed E-state index contributed by atoms with van der Waals surface area (Å²) in [6.45, 7) is 0. The molecule has 2 aromatic rings. The molecule has 5 heteroatoms. The average Bonchev–Trinajstić information content (AvgIpc) is 3.31. The lowest BCUT2D eigenvalue weighted by molar-refractivity contribution is 0.0926. The van der Waals surface area contributed by atoms with Gasteiger partial charge in [0.2, 0.25) is 0 Å². The van der Waals surface area contributed by atoms with Crippen LogP contribution < -0.4 is 5.32 Å². The maximum absolute atomic E-state index is 12.2. The Bertz CT molecular complexity index is 596. The van der Waals surface area contributed by atoms with E-state index in [1.165, 1.54) is 12.4 Å². The van der Waals surface area contributed by atoms with E-state index < -0.39 is 0 Å². The molecule has 0 spiro atoms. The number of carbonyl (C=O) groups excluding carboxylic acids is 1. The van der Waals surface area contributed by atoms with Crippen LogP contribution in [0.25, 0.3) is 0 Å². The molecule has 0 saturated heterocycles. The van der Waals surface area contributed by atoms with E-state index in [1.807, 2.05) is 24.3 Å². The van der Waals surface area contributed by atoms with Crippen molar-refractivity contribution in [2.24, 2.45) is 5.92 Å². The van der Waals surface area contributed by atoms with Crippen LogP contribution in [-0.2, 0) is 0 Å². The first-order chi connectivity index (χ1) is 9.74. The molecule has 0 radical (unpaired) electrons. The molecule has 102 valence electrons. The van der Waals surface area contributed by atoms with Crippen molar-refractivity contribution >= 4 is 17.5 Å². The van der Waals surface area contributed by atoms with Crippen LogP contribution in [0, 0.1) is 5.92 Å². The Balaban J connectivity index is 1.78. The van der Waals surface area contributed by atoms with Crippen LogP contribution in [0.2, 0.25) is 5.02 Å². The lowest BCUT2D eigenvalue weighted by Crippen LogP contribution is -2.30. The molecule has 1 saturated carbocycles. The van der Waals surface area contributed by atoms with E-state index in [-0.39, 0.29) is 11.9 Å². The lowest BCUT2D eigenvalue weighted by atomic mass is 10.0. The topological polar surface area (TPSA) is 54.9 Å². The number of rotatable bonds is 4. The number of hydrogen-bond donors (Lipinski definition) is 1. The van der Waals surface area contributed by atoms with Crippen molar-refractivity contribution in [2.45, 2.75) is 18.9 Å². The Kier molecular flexibility index (Phi) is 3.65. The lowest BCUT2D eigenvalue weighted by Gasteiger charge is -2.18. The standard InChI is InChI=1S/C15H14ClN3O/c16-12-5-3-11(4-6-12)14(10-1-2-10)19-15(20)13-9-17-7-8-18-13/h3-10,14H,1-2H2,(H,19,20). The largest absolute Gasteiger partial charge is 0.344 e. The van der Waals surface area contributed by atoms with Gasteiger partial charge in [0.1, 0.15) is 5.69 Å². The molecule has 1 aliphatic carbocycles. The van der Waals surface area contributed by atoms with Crippen LogP contribution >= 0.6 is 11.6 Å². The van der Waals surface area contributed by atoms with Gasteiger partial charge in [-0.3, -0.25) is 9.78 Å². The van der Waals surface area contributed by atoms with Crippen molar-refractivity contribution in [1.82, 2.24) is 15.3 Å². The van der Waals surface area contributed by atoms with Gasteiger partial charge in [0, 0.05) is 17.4 Å². The smallest absolute Gasteiger partial charge is 0.271 e. The molecule has 1 aromatic carbocycles. The number of nitrogens with one attached hydrogen (secondary N) is 1. The van der Waals surface area contributed by atoms with Crippen molar-refractivity contribution in [2.75, 3.05) is 0 Å². The van der Waals surface area contributed by atoms with Gasteiger partial charge in [0.25, 0.3) is 5.91 Å². The normalized spacial score (nSPS) is 15.7. The Morgan fingerprint density at radius 2 is 2.00 bits per heavy atom. The molecular weight excluding hydrogens is 274 g/mol. The molecular formula is C15H14ClN3O. The molecule has 1 atom stereocenters. The second-order valence-corrected chi connectivity index (χ2v) is 5.37. The van der Waals surface area contributed by atoms with Gasteiger partial charge in [-0.25, -0.2) is 4.98 Å². The zero-order valence-corrected chi connectivity index (χ0v) is 11.5. The molecule has 1 unspecified atom stereocenters. The number of nitrogens with zero attached hydrogens (tertiary/aromatic N) is 2. The van der Waals surface area contributed by atoms with Crippen LogP contribution in [0.4, 0.5) is 0 Å². The third-order valence-electron chi connectivity index (χ3n) is 3.40. The molecule has 1 fully saturated rings. The van der Waals surface area contributed by atoms with E-state index in [9.17, 15) is 4.79 Å². The van der Waals surface area contributed by atoms with Gasteiger partial charge >= 0.3 is 0 Å². The van der Waals surface area contributed by atoms with Crippen molar-refractivity contribution in [3.8, 4) is 0 Å². The third-order valence-corrected chi connectivity index (χ3v) is 3.66. The third kappa shape index (κ3) is 2.96. The minimum absolute atomic E-state index is 0.0155. The minimum Gasteiger partial charge on any atom is -0.344 e. The van der Waals surface area contributed by atoms with Crippen LogP contribution in [0.5, 0.6) is 0 Å². The zero-order chi connectivity index (χ0) is 13.9. The quantitative estimate of drug-likeness (QED) is 0.940. The summed E-state index contributed by atoms with van der Waals surface area (Å²) < 4.78 is 0. The summed E-state index contributed by atoms with van der Waals surface area (Å²) in [5.41, 5.74) is 1.42. The number of aromatic nitrogens is 2. The predicted octanol–water partition coefficient (Wildman–Crippen LogP) is 3.01. The average molecular weight is 288 g/mol. The molecule has 0 aliphatic heterocycles. The first-order valence-electron chi connectivity index (χ1n) is 6.56. The first kappa shape index (κ1) is 13.1. The zero-order valence-electron chi connectivity index (χ0n) is 10.8. The molecule has 1 amide bonds. The Morgan fingerprint density at radius 3 is 2.60 bits per heavy atom. The molecule has 3 rings (SSSR count). The molecule has 1 aliphatic rings. The van der Waals surface area contributed by atoms with Crippen LogP contribution in [0.15, 0.2) is 42.9 Å². The Hall–Kier alpha value is -1.94. The van der Waals surface area contributed by atoms with Crippen molar-refractivity contribution in [1.29, 1.82) is 0 Å². The summed E-state index contributed by atoms with van der Waals surface area (Å²) in [6, 6.07) is 7.63. The van der Waals surface area contributed by atoms with E-state index in [0.29, 0.717) is 16.6 Å². The number of amides is 1. The predicted molar refractivity (Wildman–Crippen MR) is 76.4 cm³/mol. The first-order valence-corrected chi connectivity index (χ1v) is 6.94. The van der Waals surface area contributed by atoms with E-state index >= 15 is 0 Å². The van der Waals surface area contributed by atoms with Crippen molar-refractivity contribution < 1.29 is 4.79 Å². The summed E-state index contributed by atoms with van der Waals surface area (Å²) >= 11 is 5.91. The second kappa shape index (κ2) is 5.59. The molecule has 20 heavy (non-hydrogen) atoms. The molecule has 1 heterocycles. The Morgan fingerprint density at radius 1 is 1.25 bits per heavy atom. The van der Waals surface area contributed by atoms with Gasteiger partial charge in [0.05, 0.1) is 12.2 Å². The van der Waals surface area contributed by atoms with E-state index in [1.54, 1.807) is 6.20 Å². The maximum atomic E-state index is 12.2. The summed E-state index contributed by atoms with van der Waals surface area (Å²) in [6.07, 6.45) is 6.81. The van der Waals surface area contributed by atoms with Gasteiger partial charge in [0.15, 0.2) is 0 Å². The Labute approximate surface area is 122 Å². The summed E-state index contributed by atoms with van der Waals surface area (Å²) in [5.74, 6) is 0.307. The van der Waals surface area contributed by atoms with Crippen LogP contribution in [0.3, 0.4) is 0 Å². The number of benzene rings is 1. The van der Waals surface area contributed by atoms with Crippen molar-refractivity contribution in [3.05, 3.63) is 59.1 Å². The van der Waals surface area contributed by atoms with E-state index in [4.69, 9.17) is 11.6 Å². The minimum atomic E-state index is -0.190. The van der Waals surface area contributed by atoms with E-state index in [0.717, 1.165) is 18.4 Å². The fraction of sp³-hybridized carbons (Fsp3) is 0.267. The summed E-state index contributed by atoms with van der Waals surface area (Å²) in [4.78, 5) is 20.1. The molecule has 1 aromatic heterocycles. The van der Waals surface area contributed by atoms with Crippen LogP contribution in [0.1, 0.15) is 34.9 Å². The summed E-state index contributed by atoms with van der Waals surface area (Å²) in [5, 5.41) is 3.74. The molecule has 1 N–H and O–H groups in total. The SMILES string of the molecule is O=C(NC(c1ccc(Cl)cc1)C1CC1)c1cnccn1. The van der Waals surface area contributed by atoms with E-state index in [2.05, 4.69) is 15.3 Å². The van der Waals surface area contributed by atoms with Gasteiger partial charge in [-0.1, -0.05) is 23.7 Å². The maximum Gasteiger partial charge on any atom is 0.271 e. The van der Waals surface area contributed by atoms with Crippen LogP contribution in [-0.4, -0.2) is 15.9 Å². The fourth-order valence-corrected chi connectivity index (χ4v) is 2.33. The van der Waals surface area contributed by atoms with Gasteiger partial charge < -0.3 is 5.32 Å². The van der Waals surface area contributed by atoms with Gasteiger partial charge in [-0.2, -0.15) is 0 Å². The highest BCUT2D eigenvalue weighted by Crippen LogP contribution is 2.41. The fourth-order valence-electron chi connectivity index (χ4n) is 2.20. The molecule has 0 bridgehead atoms. The summed E-state index contributed by atoms with van der Waals surface area (Å²) in [7, 11) is 0. The molecule has 4 nitrogen and oxygen atoms in total.